The number of unbranched alkanes of at least 4 members (excludes halogenated alkanes) is 2. The van der Waals surface area contributed by atoms with Crippen LogP contribution in [-0.4, -0.2) is 13.0 Å². The van der Waals surface area contributed by atoms with Crippen molar-refractivity contribution in [3.63, 3.8) is 0 Å². The summed E-state index contributed by atoms with van der Waals surface area (Å²) in [6.45, 7) is 6.49. The summed E-state index contributed by atoms with van der Waals surface area (Å²) in [5.74, 6) is 0. The van der Waals surface area contributed by atoms with E-state index in [1.54, 1.807) is 12.1 Å². The fraction of sp³-hybridized carbons (Fsp3) is 0.571. The van der Waals surface area contributed by atoms with Gasteiger partial charge in [-0.15, -0.1) is 0 Å². The van der Waals surface area contributed by atoms with Crippen LogP contribution in [0, 0.1) is 0 Å². The highest BCUT2D eigenvalue weighted by molar-refractivity contribution is 7.85. The highest BCUT2D eigenvalue weighted by Gasteiger charge is 2.20. The fourth-order valence-electron chi connectivity index (χ4n) is 2.04. The van der Waals surface area contributed by atoms with Crippen molar-refractivity contribution in [2.45, 2.75) is 56.8 Å². The SMILES string of the molecule is CCCCCC(C)(C)c1ccc(S(=O)(=O)O)cc1. The first-order chi connectivity index (χ1) is 8.27. The second kappa shape index (κ2) is 5.85. The molecule has 102 valence electrons. The van der Waals surface area contributed by atoms with E-state index in [1.807, 2.05) is 0 Å². The average molecular weight is 270 g/mol. The zero-order chi connectivity index (χ0) is 13.8. The highest BCUT2D eigenvalue weighted by atomic mass is 32.2. The van der Waals surface area contributed by atoms with E-state index in [4.69, 9.17) is 4.55 Å². The summed E-state index contributed by atoms with van der Waals surface area (Å²) in [7, 11) is -4.09. The molecule has 3 nitrogen and oxygen atoms in total. The lowest BCUT2D eigenvalue weighted by atomic mass is 9.80. The van der Waals surface area contributed by atoms with E-state index >= 15 is 0 Å². The van der Waals surface area contributed by atoms with Crippen LogP contribution in [0.15, 0.2) is 29.2 Å². The second-order valence-corrected chi connectivity index (χ2v) is 6.76. The van der Waals surface area contributed by atoms with Crippen molar-refractivity contribution in [3.05, 3.63) is 29.8 Å². The lowest BCUT2D eigenvalue weighted by molar-refractivity contribution is 0.449. The van der Waals surface area contributed by atoms with Crippen LogP contribution in [0.5, 0.6) is 0 Å². The lowest BCUT2D eigenvalue weighted by Gasteiger charge is -2.25. The first-order valence-corrected chi connectivity index (χ1v) is 7.79. The van der Waals surface area contributed by atoms with Gasteiger partial charge < -0.3 is 0 Å². The Balaban J connectivity index is 2.84. The molecule has 0 aliphatic rings. The minimum atomic E-state index is -4.09. The van der Waals surface area contributed by atoms with Gasteiger partial charge in [0.05, 0.1) is 4.90 Å². The maximum absolute atomic E-state index is 11.0. The quantitative estimate of drug-likeness (QED) is 0.632. The van der Waals surface area contributed by atoms with Gasteiger partial charge in [0, 0.05) is 0 Å². The third-order valence-corrected chi connectivity index (χ3v) is 4.21. The number of hydrogen-bond acceptors (Lipinski definition) is 2. The summed E-state index contributed by atoms with van der Waals surface area (Å²) in [5.41, 5.74) is 1.14. The smallest absolute Gasteiger partial charge is 0.282 e. The van der Waals surface area contributed by atoms with Crippen LogP contribution in [0.4, 0.5) is 0 Å². The Morgan fingerprint density at radius 3 is 2.11 bits per heavy atom. The Labute approximate surface area is 110 Å². The zero-order valence-electron chi connectivity index (χ0n) is 11.3. The van der Waals surface area contributed by atoms with E-state index in [9.17, 15) is 8.42 Å². The molecule has 0 atom stereocenters. The van der Waals surface area contributed by atoms with Crippen LogP contribution in [0.2, 0.25) is 0 Å². The maximum Gasteiger partial charge on any atom is 0.294 e. The van der Waals surface area contributed by atoms with Gasteiger partial charge in [-0.2, -0.15) is 8.42 Å². The largest absolute Gasteiger partial charge is 0.294 e. The topological polar surface area (TPSA) is 54.4 Å². The molecule has 0 amide bonds. The van der Waals surface area contributed by atoms with E-state index < -0.39 is 10.1 Å². The van der Waals surface area contributed by atoms with Gasteiger partial charge in [-0.25, -0.2) is 0 Å². The zero-order valence-corrected chi connectivity index (χ0v) is 12.1. The van der Waals surface area contributed by atoms with Crippen molar-refractivity contribution in [2.24, 2.45) is 0 Å². The second-order valence-electron chi connectivity index (χ2n) is 5.34. The number of rotatable bonds is 6. The van der Waals surface area contributed by atoms with Gasteiger partial charge >= 0.3 is 0 Å². The van der Waals surface area contributed by atoms with Gasteiger partial charge in [0.2, 0.25) is 0 Å². The number of benzene rings is 1. The summed E-state index contributed by atoms with van der Waals surface area (Å²) >= 11 is 0. The Morgan fingerprint density at radius 2 is 1.67 bits per heavy atom. The standard InChI is InChI=1S/C14H22O3S/c1-4-5-6-11-14(2,3)12-7-9-13(10-8-12)18(15,16)17/h7-10H,4-6,11H2,1-3H3,(H,15,16,17). The molecule has 0 aliphatic carbocycles. The molecule has 1 aromatic rings. The fourth-order valence-corrected chi connectivity index (χ4v) is 2.52. The monoisotopic (exact) mass is 270 g/mol. The predicted octanol–water partition coefficient (Wildman–Crippen LogP) is 3.79. The van der Waals surface area contributed by atoms with Crippen molar-refractivity contribution in [2.75, 3.05) is 0 Å². The normalized spacial score (nSPS) is 12.7. The molecule has 0 spiro atoms. The van der Waals surface area contributed by atoms with Crippen molar-refractivity contribution >= 4 is 10.1 Å². The molecule has 4 heteroatoms. The van der Waals surface area contributed by atoms with Crippen LogP contribution < -0.4 is 0 Å². The molecule has 0 bridgehead atoms. The third kappa shape index (κ3) is 4.10. The molecule has 0 unspecified atom stereocenters. The summed E-state index contributed by atoms with van der Waals surface area (Å²) in [4.78, 5) is -0.0457. The van der Waals surface area contributed by atoms with Crippen molar-refractivity contribution in [1.29, 1.82) is 0 Å². The third-order valence-electron chi connectivity index (χ3n) is 3.34. The van der Waals surface area contributed by atoms with Gasteiger partial charge in [0.25, 0.3) is 10.1 Å². The number of hydrogen-bond donors (Lipinski definition) is 1. The molecule has 0 saturated heterocycles. The van der Waals surface area contributed by atoms with Crippen LogP contribution >= 0.6 is 0 Å². The lowest BCUT2D eigenvalue weighted by Crippen LogP contribution is -2.17. The Bertz CT molecular complexity index is 472. The van der Waals surface area contributed by atoms with Crippen LogP contribution in [0.25, 0.3) is 0 Å². The Morgan fingerprint density at radius 1 is 1.11 bits per heavy atom. The van der Waals surface area contributed by atoms with Crippen LogP contribution in [0.1, 0.15) is 52.0 Å². The van der Waals surface area contributed by atoms with Gasteiger partial charge in [-0.05, 0) is 29.5 Å². The van der Waals surface area contributed by atoms with Gasteiger partial charge in [0.15, 0.2) is 0 Å². The molecule has 0 saturated carbocycles. The van der Waals surface area contributed by atoms with Gasteiger partial charge in [-0.3, -0.25) is 4.55 Å². The summed E-state index contributed by atoms with van der Waals surface area (Å²) in [6, 6.07) is 6.50. The first kappa shape index (κ1) is 15.2. The van der Waals surface area contributed by atoms with Gasteiger partial charge in [0.1, 0.15) is 0 Å². The molecular formula is C14H22O3S. The minimum Gasteiger partial charge on any atom is -0.282 e. The summed E-state index contributed by atoms with van der Waals surface area (Å²) in [5, 5.41) is 0. The molecule has 0 aromatic heterocycles. The first-order valence-electron chi connectivity index (χ1n) is 6.35. The Hall–Kier alpha value is -0.870. The van der Waals surface area contributed by atoms with Crippen molar-refractivity contribution in [1.82, 2.24) is 0 Å². The molecule has 18 heavy (non-hydrogen) atoms. The van der Waals surface area contributed by atoms with Crippen molar-refractivity contribution in [3.8, 4) is 0 Å². The van der Waals surface area contributed by atoms with Crippen molar-refractivity contribution < 1.29 is 13.0 Å². The van der Waals surface area contributed by atoms with Gasteiger partial charge in [-0.1, -0.05) is 52.2 Å². The highest BCUT2D eigenvalue weighted by Crippen LogP contribution is 2.29. The van der Waals surface area contributed by atoms with Crippen LogP contribution in [-0.2, 0) is 15.5 Å². The van der Waals surface area contributed by atoms with Crippen LogP contribution in [0.3, 0.4) is 0 Å². The summed E-state index contributed by atoms with van der Waals surface area (Å²) < 4.78 is 30.8. The van der Waals surface area contributed by atoms with E-state index in [-0.39, 0.29) is 10.3 Å². The molecule has 1 aromatic carbocycles. The predicted molar refractivity (Wildman–Crippen MR) is 73.4 cm³/mol. The van der Waals surface area contributed by atoms with E-state index in [2.05, 4.69) is 20.8 Å². The molecule has 0 radical (unpaired) electrons. The minimum absolute atomic E-state index is 0.0346. The molecule has 0 fully saturated rings. The average Bonchev–Trinajstić information content (AvgIpc) is 2.28. The molecule has 1 rings (SSSR count). The summed E-state index contributed by atoms with van der Waals surface area (Å²) in [6.07, 6.45) is 4.65. The molecule has 0 aliphatic heterocycles. The molecule has 1 N–H and O–H groups in total. The Kier molecular flexibility index (Phi) is 4.93. The van der Waals surface area contributed by atoms with E-state index in [1.165, 1.54) is 31.4 Å². The van der Waals surface area contributed by atoms with E-state index in [0.717, 1.165) is 12.0 Å². The molecular weight excluding hydrogens is 248 g/mol. The maximum atomic E-state index is 11.0. The van der Waals surface area contributed by atoms with E-state index in [0.29, 0.717) is 0 Å². The molecule has 0 heterocycles.